The summed E-state index contributed by atoms with van der Waals surface area (Å²) in [6.45, 7) is 5.55. The van der Waals surface area contributed by atoms with Gasteiger partial charge in [-0.15, -0.1) is 0 Å². The second kappa shape index (κ2) is 9.16. The first-order valence-electron chi connectivity index (χ1n) is 9.62. The summed E-state index contributed by atoms with van der Waals surface area (Å²) in [6.07, 6.45) is 0.267. The fourth-order valence-corrected chi connectivity index (χ4v) is 4.13. The van der Waals surface area contributed by atoms with E-state index in [1.54, 1.807) is 21.9 Å². The molecule has 1 atom stereocenters. The quantitative estimate of drug-likeness (QED) is 0.792. The molecule has 2 aromatic carbocycles. The molecule has 1 aliphatic rings. The number of aryl methyl sites for hydroxylation is 2. The zero-order valence-corrected chi connectivity index (χ0v) is 18.1. The minimum Gasteiger partial charge on any atom is -0.334 e. The van der Waals surface area contributed by atoms with Crippen LogP contribution in [0.2, 0.25) is 10.0 Å². The maximum Gasteiger partial charge on any atom is 0.254 e. The largest absolute Gasteiger partial charge is 0.334 e. The third-order valence-corrected chi connectivity index (χ3v) is 5.88. The van der Waals surface area contributed by atoms with Crippen LogP contribution < -0.4 is 5.73 Å². The van der Waals surface area contributed by atoms with Gasteiger partial charge in [0.2, 0.25) is 5.91 Å². The zero-order chi connectivity index (χ0) is 21.1. The Hall–Kier alpha value is -2.08. The van der Waals surface area contributed by atoms with Gasteiger partial charge in [0.15, 0.2) is 0 Å². The molecule has 5 nitrogen and oxygen atoms in total. The number of benzene rings is 2. The monoisotopic (exact) mass is 433 g/mol. The standard InChI is InChI=1S/C22H25Cl2N3O2/c1-14-9-15(2)11-17(10-14)22(29)26-7-8-27(21(28)5-6-25)20(13-26)16-3-4-18(23)19(24)12-16/h3-4,9-12,20H,5-8,13,25H2,1-2H3/t20-/m0/s1. The molecule has 3 rings (SSSR count). The van der Waals surface area contributed by atoms with E-state index in [1.165, 1.54) is 0 Å². The van der Waals surface area contributed by atoms with Crippen LogP contribution in [0.15, 0.2) is 36.4 Å². The average Bonchev–Trinajstić information content (AvgIpc) is 2.68. The Balaban J connectivity index is 1.91. The second-order valence-electron chi connectivity index (χ2n) is 7.44. The summed E-state index contributed by atoms with van der Waals surface area (Å²) in [5.41, 5.74) is 9.20. The van der Waals surface area contributed by atoms with Gasteiger partial charge in [-0.1, -0.05) is 46.5 Å². The van der Waals surface area contributed by atoms with Gasteiger partial charge in [0, 0.05) is 38.2 Å². The molecule has 0 bridgehead atoms. The van der Waals surface area contributed by atoms with E-state index in [2.05, 4.69) is 0 Å². The smallest absolute Gasteiger partial charge is 0.254 e. The first kappa shape index (κ1) is 21.6. The molecular weight excluding hydrogens is 409 g/mol. The van der Waals surface area contributed by atoms with Crippen LogP contribution in [0.25, 0.3) is 0 Å². The van der Waals surface area contributed by atoms with Crippen molar-refractivity contribution in [1.82, 2.24) is 9.80 Å². The third kappa shape index (κ3) is 4.92. The molecule has 0 spiro atoms. The van der Waals surface area contributed by atoms with Crippen LogP contribution in [0.5, 0.6) is 0 Å². The first-order chi connectivity index (χ1) is 13.8. The molecule has 0 radical (unpaired) electrons. The number of hydrogen-bond donors (Lipinski definition) is 1. The van der Waals surface area contributed by atoms with E-state index < -0.39 is 0 Å². The number of nitrogens with zero attached hydrogens (tertiary/aromatic N) is 2. The molecule has 2 amide bonds. The van der Waals surface area contributed by atoms with Crippen molar-refractivity contribution in [2.45, 2.75) is 26.3 Å². The van der Waals surface area contributed by atoms with Crippen molar-refractivity contribution in [3.05, 3.63) is 68.7 Å². The number of piperazine rings is 1. The van der Waals surface area contributed by atoms with Gasteiger partial charge in [-0.25, -0.2) is 0 Å². The molecule has 2 N–H and O–H groups in total. The molecule has 154 valence electrons. The van der Waals surface area contributed by atoms with Crippen LogP contribution in [-0.2, 0) is 4.79 Å². The molecule has 7 heteroatoms. The number of halogens is 2. The van der Waals surface area contributed by atoms with E-state index in [-0.39, 0.29) is 30.8 Å². The van der Waals surface area contributed by atoms with Gasteiger partial charge in [-0.2, -0.15) is 0 Å². The molecule has 1 aliphatic heterocycles. The lowest BCUT2D eigenvalue weighted by atomic mass is 10.00. The molecule has 0 saturated carbocycles. The second-order valence-corrected chi connectivity index (χ2v) is 8.26. The molecule has 2 aromatic rings. The summed E-state index contributed by atoms with van der Waals surface area (Å²) >= 11 is 12.3. The highest BCUT2D eigenvalue weighted by Crippen LogP contribution is 2.31. The highest BCUT2D eigenvalue weighted by atomic mass is 35.5. The van der Waals surface area contributed by atoms with Crippen molar-refractivity contribution in [2.24, 2.45) is 5.73 Å². The molecule has 0 aromatic heterocycles. The van der Waals surface area contributed by atoms with E-state index in [0.717, 1.165) is 16.7 Å². The van der Waals surface area contributed by atoms with E-state index in [0.29, 0.717) is 35.2 Å². The number of carbonyl (C=O) groups excluding carboxylic acids is 2. The van der Waals surface area contributed by atoms with Crippen molar-refractivity contribution >= 4 is 35.0 Å². The fraction of sp³-hybridized carbons (Fsp3) is 0.364. The van der Waals surface area contributed by atoms with Gasteiger partial charge in [0.05, 0.1) is 16.1 Å². The van der Waals surface area contributed by atoms with Gasteiger partial charge in [-0.05, 0) is 43.7 Å². The number of hydrogen-bond acceptors (Lipinski definition) is 3. The molecule has 0 unspecified atom stereocenters. The Morgan fingerprint density at radius 1 is 1.03 bits per heavy atom. The summed E-state index contributed by atoms with van der Waals surface area (Å²) in [5.74, 6) is -0.0603. The van der Waals surface area contributed by atoms with E-state index in [9.17, 15) is 9.59 Å². The van der Waals surface area contributed by atoms with Crippen molar-refractivity contribution < 1.29 is 9.59 Å². The van der Waals surface area contributed by atoms with Gasteiger partial charge >= 0.3 is 0 Å². The maximum absolute atomic E-state index is 13.2. The fourth-order valence-electron chi connectivity index (χ4n) is 3.82. The van der Waals surface area contributed by atoms with Crippen molar-refractivity contribution in [3.63, 3.8) is 0 Å². The SMILES string of the molecule is Cc1cc(C)cc(C(=O)N2CCN(C(=O)CCN)[C@H](c3ccc(Cl)c(Cl)c3)C2)c1. The maximum atomic E-state index is 13.2. The third-order valence-electron chi connectivity index (χ3n) is 5.14. The summed E-state index contributed by atoms with van der Waals surface area (Å²) in [4.78, 5) is 29.4. The van der Waals surface area contributed by atoms with Crippen LogP contribution in [0.1, 0.15) is 39.5 Å². The first-order valence-corrected chi connectivity index (χ1v) is 10.4. The van der Waals surface area contributed by atoms with Gasteiger partial charge in [0.1, 0.15) is 0 Å². The Morgan fingerprint density at radius 3 is 2.34 bits per heavy atom. The lowest BCUT2D eigenvalue weighted by Gasteiger charge is -2.42. The summed E-state index contributed by atoms with van der Waals surface area (Å²) in [6, 6.07) is 10.9. The predicted molar refractivity (Wildman–Crippen MR) is 116 cm³/mol. The average molecular weight is 434 g/mol. The lowest BCUT2D eigenvalue weighted by Crippen LogP contribution is -2.52. The molecule has 0 aliphatic carbocycles. The molecule has 1 fully saturated rings. The van der Waals surface area contributed by atoms with Crippen LogP contribution in [-0.4, -0.2) is 47.8 Å². The van der Waals surface area contributed by atoms with Crippen molar-refractivity contribution in [1.29, 1.82) is 0 Å². The van der Waals surface area contributed by atoms with Crippen LogP contribution >= 0.6 is 23.2 Å². The predicted octanol–water partition coefficient (Wildman–Crippen LogP) is 3.98. The minimum atomic E-state index is -0.299. The molecule has 1 saturated heterocycles. The Bertz CT molecular complexity index is 912. The zero-order valence-electron chi connectivity index (χ0n) is 16.6. The van der Waals surface area contributed by atoms with E-state index in [4.69, 9.17) is 28.9 Å². The van der Waals surface area contributed by atoms with Crippen LogP contribution in [0.3, 0.4) is 0 Å². The lowest BCUT2D eigenvalue weighted by molar-refractivity contribution is -0.135. The normalized spacial score (nSPS) is 16.8. The number of amides is 2. The summed E-state index contributed by atoms with van der Waals surface area (Å²) < 4.78 is 0. The van der Waals surface area contributed by atoms with Gasteiger partial charge < -0.3 is 15.5 Å². The van der Waals surface area contributed by atoms with Crippen LogP contribution in [0.4, 0.5) is 0 Å². The minimum absolute atomic E-state index is 0.0259. The molecular formula is C22H25Cl2N3O2. The molecule has 29 heavy (non-hydrogen) atoms. The molecule has 1 heterocycles. The summed E-state index contributed by atoms with van der Waals surface area (Å²) in [5, 5.41) is 0.877. The van der Waals surface area contributed by atoms with Gasteiger partial charge in [-0.3, -0.25) is 9.59 Å². The van der Waals surface area contributed by atoms with Crippen LogP contribution in [0, 0.1) is 13.8 Å². The number of rotatable bonds is 4. The van der Waals surface area contributed by atoms with Gasteiger partial charge in [0.25, 0.3) is 5.91 Å². The van der Waals surface area contributed by atoms with Crippen molar-refractivity contribution in [2.75, 3.05) is 26.2 Å². The van der Waals surface area contributed by atoms with Crippen molar-refractivity contribution in [3.8, 4) is 0 Å². The summed E-state index contributed by atoms with van der Waals surface area (Å²) in [7, 11) is 0. The Labute approximate surface area is 181 Å². The van der Waals surface area contributed by atoms with E-state index in [1.807, 2.05) is 38.1 Å². The Morgan fingerprint density at radius 2 is 1.72 bits per heavy atom. The highest BCUT2D eigenvalue weighted by Gasteiger charge is 2.33. The highest BCUT2D eigenvalue weighted by molar-refractivity contribution is 6.42. The number of nitrogens with two attached hydrogens (primary N) is 1. The topological polar surface area (TPSA) is 66.6 Å². The number of carbonyl (C=O) groups is 2. The Kier molecular flexibility index (Phi) is 6.83. The van der Waals surface area contributed by atoms with E-state index >= 15 is 0 Å².